The maximum Gasteiger partial charge on any atom is 0.326 e. The Morgan fingerprint density at radius 3 is 1.40 bits per heavy atom. The van der Waals surface area contributed by atoms with E-state index in [1.165, 1.54) is 44.9 Å². The fourth-order valence-corrected chi connectivity index (χ4v) is 6.27. The van der Waals surface area contributed by atoms with Gasteiger partial charge in [-0.2, -0.15) is 0 Å². The molecule has 19 heteroatoms. The summed E-state index contributed by atoms with van der Waals surface area (Å²) in [4.78, 5) is 82.2. The third-order valence-corrected chi connectivity index (χ3v) is 9.87. The highest BCUT2D eigenvalue weighted by Crippen LogP contribution is 2.14. The fraction of sp³-hybridized carbons (Fsp3) is 0.841. The number of aliphatic carboxylic acids is 2. The van der Waals surface area contributed by atoms with Gasteiger partial charge >= 0.3 is 11.9 Å². The zero-order valence-electron chi connectivity index (χ0n) is 38.4. The lowest BCUT2D eigenvalue weighted by Gasteiger charge is -2.15. The number of carbonyl (C=O) groups excluding carboxylic acids is 5. The molecule has 2 atom stereocenters. The number of unbranched alkanes of at least 4 members (excludes halogenated alkanes) is 14. The van der Waals surface area contributed by atoms with Crippen LogP contribution in [0.4, 0.5) is 0 Å². The average Bonchev–Trinajstić information content (AvgIpc) is 3.24. The van der Waals surface area contributed by atoms with Gasteiger partial charge in [-0.3, -0.25) is 34.2 Å². The molecular weight excluding hydrogens is 821 g/mol. The van der Waals surface area contributed by atoms with Crippen molar-refractivity contribution in [2.24, 2.45) is 0 Å². The van der Waals surface area contributed by atoms with Gasteiger partial charge in [-0.15, -0.1) is 0 Å². The van der Waals surface area contributed by atoms with Gasteiger partial charge in [-0.25, -0.2) is 10.2 Å². The van der Waals surface area contributed by atoms with Gasteiger partial charge in [-0.05, 0) is 45.4 Å². The van der Waals surface area contributed by atoms with E-state index >= 15 is 0 Å². The van der Waals surface area contributed by atoms with Gasteiger partial charge in [0.2, 0.25) is 23.6 Å². The number of nitrogens with one attached hydrogen (secondary N) is 6. The molecular formula is C44H82N6O13. The van der Waals surface area contributed by atoms with Gasteiger partial charge in [0.25, 0.3) is 0 Å². The highest BCUT2D eigenvalue weighted by atomic mass is 16.5. The normalized spacial score (nSPS) is 12.0. The highest BCUT2D eigenvalue weighted by Gasteiger charge is 2.21. The number of hydrogen-bond donors (Lipinski definition) is 8. The van der Waals surface area contributed by atoms with Crippen molar-refractivity contribution in [2.75, 3.05) is 79.0 Å². The van der Waals surface area contributed by atoms with Crippen molar-refractivity contribution in [3.63, 3.8) is 0 Å². The number of Topliss-reactive ketones (excluding diaryl/α,β-unsaturated/α-hetero) is 1. The topological polar surface area (TPSA) is 269 Å². The standard InChI is InChI=1S/C44H82N6O13/c1-3-48-50-37(36(2)51)20-18-19-25-45-41(54)34-62-32-31-61-29-27-47-42(55)35-63-33-30-60-28-26-46-39(52)24-23-38(44(58)59)49-40(53)21-16-14-12-10-8-6-4-5-7-9-11-13-15-17-22-43(56)57/h37-38,48,50H,3-35H2,1-2H3,(H,45,54)(H,46,52)(H,47,55)(H,49,53)(H,56,57)(H,58,59). The molecule has 0 aromatic carbocycles. The lowest BCUT2D eigenvalue weighted by atomic mass is 10.0. The van der Waals surface area contributed by atoms with E-state index in [9.17, 15) is 38.7 Å². The van der Waals surface area contributed by atoms with Gasteiger partial charge < -0.3 is 50.4 Å². The molecule has 63 heavy (non-hydrogen) atoms. The molecule has 8 N–H and O–H groups in total. The number of amides is 4. The van der Waals surface area contributed by atoms with Gasteiger partial charge in [0.15, 0.2) is 0 Å². The molecule has 366 valence electrons. The summed E-state index contributed by atoms with van der Waals surface area (Å²) in [5.41, 5.74) is 5.94. The number of ether oxygens (including phenoxy) is 4. The van der Waals surface area contributed by atoms with Crippen LogP contribution in [-0.4, -0.2) is 143 Å². The maximum atomic E-state index is 12.3. The van der Waals surface area contributed by atoms with E-state index in [0.717, 1.165) is 51.4 Å². The predicted octanol–water partition coefficient (Wildman–Crippen LogP) is 3.32. The molecule has 0 rings (SSSR count). The van der Waals surface area contributed by atoms with Crippen LogP contribution < -0.4 is 32.1 Å². The molecule has 19 nitrogen and oxygen atoms in total. The minimum absolute atomic E-state index is 0.0269. The average molecular weight is 903 g/mol. The molecule has 0 spiro atoms. The van der Waals surface area contributed by atoms with Crippen molar-refractivity contribution in [1.29, 1.82) is 0 Å². The Bertz CT molecular complexity index is 1230. The first kappa shape index (κ1) is 59.2. The van der Waals surface area contributed by atoms with Gasteiger partial charge in [0.05, 0.1) is 45.7 Å². The van der Waals surface area contributed by atoms with Crippen LogP contribution in [0.25, 0.3) is 0 Å². The Labute approximate surface area is 375 Å². The zero-order valence-corrected chi connectivity index (χ0v) is 38.4. The van der Waals surface area contributed by atoms with Crippen LogP contribution in [0.15, 0.2) is 0 Å². The van der Waals surface area contributed by atoms with E-state index in [-0.39, 0.29) is 127 Å². The third-order valence-electron chi connectivity index (χ3n) is 9.87. The first-order valence-corrected chi connectivity index (χ1v) is 23.3. The number of carbonyl (C=O) groups is 7. The molecule has 0 fully saturated rings. The monoisotopic (exact) mass is 903 g/mol. The maximum absolute atomic E-state index is 12.3. The molecule has 4 amide bonds. The minimum Gasteiger partial charge on any atom is -0.481 e. The van der Waals surface area contributed by atoms with E-state index < -0.39 is 18.0 Å². The summed E-state index contributed by atoms with van der Waals surface area (Å²) < 4.78 is 21.4. The Morgan fingerprint density at radius 2 is 0.921 bits per heavy atom. The summed E-state index contributed by atoms with van der Waals surface area (Å²) in [5.74, 6) is -3.06. The van der Waals surface area contributed by atoms with Crippen LogP contribution in [0.2, 0.25) is 0 Å². The molecule has 0 aliphatic rings. The first-order valence-electron chi connectivity index (χ1n) is 23.3. The summed E-state index contributed by atoms with van der Waals surface area (Å²) in [5, 5.41) is 28.8. The van der Waals surface area contributed by atoms with Crippen LogP contribution in [0.3, 0.4) is 0 Å². The molecule has 0 aromatic rings. The lowest BCUT2D eigenvalue weighted by molar-refractivity contribution is -0.142. The quantitative estimate of drug-likeness (QED) is 0.0322. The second kappa shape index (κ2) is 43.5. The van der Waals surface area contributed by atoms with E-state index in [1.54, 1.807) is 6.92 Å². The molecule has 0 radical (unpaired) electrons. The molecule has 0 aliphatic heterocycles. The van der Waals surface area contributed by atoms with Crippen molar-refractivity contribution in [3.05, 3.63) is 0 Å². The smallest absolute Gasteiger partial charge is 0.326 e. The molecule has 0 saturated heterocycles. The van der Waals surface area contributed by atoms with Crippen molar-refractivity contribution < 1.29 is 62.7 Å². The summed E-state index contributed by atoms with van der Waals surface area (Å²) in [7, 11) is 0. The fourth-order valence-electron chi connectivity index (χ4n) is 6.27. The molecule has 0 heterocycles. The Morgan fingerprint density at radius 1 is 0.460 bits per heavy atom. The molecule has 0 aliphatic carbocycles. The number of rotatable bonds is 47. The van der Waals surface area contributed by atoms with E-state index in [0.29, 0.717) is 25.9 Å². The lowest BCUT2D eigenvalue weighted by Crippen LogP contribution is -2.44. The minimum atomic E-state index is -1.18. The third kappa shape index (κ3) is 42.0. The Kier molecular flexibility index (Phi) is 40.9. The van der Waals surface area contributed by atoms with Gasteiger partial charge in [0, 0.05) is 45.4 Å². The van der Waals surface area contributed by atoms with Crippen LogP contribution in [0.1, 0.15) is 149 Å². The SMILES string of the molecule is CCNNC(CCCCNC(=O)COCCOCCNC(=O)COCCOCCNC(=O)CCC(NC(=O)CCCCCCCCCCCCCCCCC(=O)O)C(=O)O)C(C)=O. The molecule has 2 unspecified atom stereocenters. The number of hydrazine groups is 1. The van der Waals surface area contributed by atoms with Crippen LogP contribution in [-0.2, 0) is 52.5 Å². The molecule has 0 saturated carbocycles. The zero-order chi connectivity index (χ0) is 46.6. The van der Waals surface area contributed by atoms with E-state index in [4.69, 9.17) is 24.1 Å². The second-order valence-electron chi connectivity index (χ2n) is 15.6. The largest absolute Gasteiger partial charge is 0.481 e. The van der Waals surface area contributed by atoms with E-state index in [2.05, 4.69) is 32.1 Å². The molecule has 0 bridgehead atoms. The second-order valence-corrected chi connectivity index (χ2v) is 15.6. The van der Waals surface area contributed by atoms with Crippen LogP contribution in [0, 0.1) is 0 Å². The Balaban J connectivity index is 3.67. The Hall–Kier alpha value is -3.75. The van der Waals surface area contributed by atoms with Crippen LogP contribution >= 0.6 is 0 Å². The van der Waals surface area contributed by atoms with Gasteiger partial charge in [0.1, 0.15) is 25.0 Å². The van der Waals surface area contributed by atoms with Gasteiger partial charge in [-0.1, -0.05) is 84.0 Å². The number of carboxylic acids is 2. The van der Waals surface area contributed by atoms with Crippen molar-refractivity contribution in [1.82, 2.24) is 32.1 Å². The number of carboxylic acid groups (broad SMARTS) is 2. The predicted molar refractivity (Wildman–Crippen MR) is 238 cm³/mol. The highest BCUT2D eigenvalue weighted by molar-refractivity contribution is 5.84. The number of ketones is 1. The van der Waals surface area contributed by atoms with Crippen molar-refractivity contribution in [2.45, 2.75) is 161 Å². The van der Waals surface area contributed by atoms with Crippen molar-refractivity contribution in [3.8, 4) is 0 Å². The summed E-state index contributed by atoms with van der Waals surface area (Å²) in [6, 6.07) is -1.38. The molecule has 0 aromatic heterocycles. The summed E-state index contributed by atoms with van der Waals surface area (Å²) in [6.07, 6.45) is 17.7. The van der Waals surface area contributed by atoms with E-state index in [1.807, 2.05) is 6.92 Å². The summed E-state index contributed by atoms with van der Waals surface area (Å²) >= 11 is 0. The number of hydrogen-bond acceptors (Lipinski definition) is 13. The summed E-state index contributed by atoms with van der Waals surface area (Å²) in [6.45, 7) is 6.27. The van der Waals surface area contributed by atoms with Crippen LogP contribution in [0.5, 0.6) is 0 Å². The first-order chi connectivity index (χ1) is 30.5. The van der Waals surface area contributed by atoms with Crippen molar-refractivity contribution >= 4 is 41.4 Å².